The Kier molecular flexibility index (Phi) is 5.37. The Morgan fingerprint density at radius 3 is 2.78 bits per heavy atom. The number of fused-ring (bicyclic) bond motifs is 1. The average Bonchev–Trinajstić information content (AvgIpc) is 2.72. The maximum absolute atomic E-state index is 12.7. The predicted octanol–water partition coefficient (Wildman–Crippen LogP) is 3.60. The molecule has 1 saturated heterocycles. The van der Waals surface area contributed by atoms with Gasteiger partial charge in [0.25, 0.3) is 5.91 Å². The quantitative estimate of drug-likeness (QED) is 0.831. The third-order valence-electron chi connectivity index (χ3n) is 5.68. The van der Waals surface area contributed by atoms with Crippen LogP contribution >= 0.6 is 0 Å². The highest BCUT2D eigenvalue weighted by Crippen LogP contribution is 2.23. The summed E-state index contributed by atoms with van der Waals surface area (Å²) < 4.78 is 5.93. The van der Waals surface area contributed by atoms with Gasteiger partial charge in [0.2, 0.25) is 5.88 Å². The second-order valence-electron chi connectivity index (χ2n) is 7.78. The molecule has 0 radical (unpaired) electrons. The van der Waals surface area contributed by atoms with Crippen LogP contribution in [0.3, 0.4) is 0 Å². The van der Waals surface area contributed by atoms with Crippen molar-refractivity contribution in [1.82, 2.24) is 15.1 Å². The topological polar surface area (TPSA) is 55.3 Å². The summed E-state index contributed by atoms with van der Waals surface area (Å²) >= 11 is 0. The van der Waals surface area contributed by atoms with Crippen LogP contribution in [-0.2, 0) is 12.8 Å². The molecule has 1 aromatic carbocycles. The summed E-state index contributed by atoms with van der Waals surface area (Å²) in [4.78, 5) is 14.6. The number of nitrogens with zero attached hydrogens (tertiary/aromatic N) is 3. The summed E-state index contributed by atoms with van der Waals surface area (Å²) in [6, 6.07) is 9.90. The first-order valence-electron chi connectivity index (χ1n) is 10.0. The number of carbonyl (C=O) groups is 1. The SMILES string of the molecule is Cc1cccc(C(=O)N2CCC(COc3cc4c(nn3)CCCC4)CC2)c1. The molecule has 0 saturated carbocycles. The summed E-state index contributed by atoms with van der Waals surface area (Å²) in [5, 5.41) is 8.56. The Morgan fingerprint density at radius 2 is 1.96 bits per heavy atom. The van der Waals surface area contributed by atoms with Crippen molar-refractivity contribution in [3.8, 4) is 5.88 Å². The normalized spacial score (nSPS) is 17.4. The fourth-order valence-corrected chi connectivity index (χ4v) is 4.01. The van der Waals surface area contributed by atoms with Gasteiger partial charge in [0.1, 0.15) is 0 Å². The first-order chi connectivity index (χ1) is 13.2. The molecule has 1 fully saturated rings. The fraction of sp³-hybridized carbons (Fsp3) is 0.500. The van der Waals surface area contributed by atoms with Gasteiger partial charge in [0.05, 0.1) is 12.3 Å². The number of ether oxygens (including phenoxy) is 1. The fourth-order valence-electron chi connectivity index (χ4n) is 4.01. The zero-order valence-corrected chi connectivity index (χ0v) is 16.0. The molecule has 1 aliphatic heterocycles. The third-order valence-corrected chi connectivity index (χ3v) is 5.68. The van der Waals surface area contributed by atoms with E-state index in [0.717, 1.165) is 55.6 Å². The first-order valence-corrected chi connectivity index (χ1v) is 10.0. The van der Waals surface area contributed by atoms with E-state index in [-0.39, 0.29) is 5.91 Å². The monoisotopic (exact) mass is 365 g/mol. The maximum Gasteiger partial charge on any atom is 0.253 e. The van der Waals surface area contributed by atoms with E-state index in [1.807, 2.05) is 36.1 Å². The van der Waals surface area contributed by atoms with E-state index in [0.29, 0.717) is 18.4 Å². The largest absolute Gasteiger partial charge is 0.476 e. The highest BCUT2D eigenvalue weighted by molar-refractivity contribution is 5.94. The van der Waals surface area contributed by atoms with Crippen molar-refractivity contribution in [1.29, 1.82) is 0 Å². The molecule has 0 bridgehead atoms. The molecule has 0 atom stereocenters. The average molecular weight is 365 g/mol. The summed E-state index contributed by atoms with van der Waals surface area (Å²) in [6.07, 6.45) is 6.50. The number of rotatable bonds is 4. The molecule has 0 spiro atoms. The molecular weight excluding hydrogens is 338 g/mol. The lowest BCUT2D eigenvalue weighted by Gasteiger charge is -2.32. The highest BCUT2D eigenvalue weighted by Gasteiger charge is 2.24. The predicted molar refractivity (Wildman–Crippen MR) is 104 cm³/mol. The molecule has 5 heteroatoms. The van der Waals surface area contributed by atoms with Crippen molar-refractivity contribution in [3.63, 3.8) is 0 Å². The van der Waals surface area contributed by atoms with E-state index in [9.17, 15) is 4.79 Å². The minimum absolute atomic E-state index is 0.138. The van der Waals surface area contributed by atoms with Crippen LogP contribution in [0, 0.1) is 12.8 Å². The van der Waals surface area contributed by atoms with Crippen molar-refractivity contribution in [2.45, 2.75) is 45.4 Å². The van der Waals surface area contributed by atoms with Crippen molar-refractivity contribution < 1.29 is 9.53 Å². The van der Waals surface area contributed by atoms with Crippen molar-refractivity contribution in [2.75, 3.05) is 19.7 Å². The molecule has 5 nitrogen and oxygen atoms in total. The first kappa shape index (κ1) is 18.0. The Bertz CT molecular complexity index is 813. The second kappa shape index (κ2) is 8.07. The number of hydrogen-bond acceptors (Lipinski definition) is 4. The molecule has 4 rings (SSSR count). The zero-order valence-electron chi connectivity index (χ0n) is 16.0. The Morgan fingerprint density at radius 1 is 1.15 bits per heavy atom. The van der Waals surface area contributed by atoms with Gasteiger partial charge in [-0.2, -0.15) is 5.10 Å². The molecule has 2 aliphatic rings. The summed E-state index contributed by atoms with van der Waals surface area (Å²) in [5.74, 6) is 1.25. The number of likely N-dealkylation sites (tertiary alicyclic amines) is 1. The lowest BCUT2D eigenvalue weighted by molar-refractivity contribution is 0.0659. The van der Waals surface area contributed by atoms with Gasteiger partial charge in [0.15, 0.2) is 0 Å². The van der Waals surface area contributed by atoms with Crippen LogP contribution in [0.2, 0.25) is 0 Å². The Balaban J connectivity index is 1.28. The second-order valence-corrected chi connectivity index (χ2v) is 7.78. The number of hydrogen-bond donors (Lipinski definition) is 0. The van der Waals surface area contributed by atoms with Crippen LogP contribution in [0.25, 0.3) is 0 Å². The lowest BCUT2D eigenvalue weighted by atomic mass is 9.96. The van der Waals surface area contributed by atoms with Gasteiger partial charge in [-0.05, 0) is 69.1 Å². The Hall–Kier alpha value is -2.43. The summed E-state index contributed by atoms with van der Waals surface area (Å²) in [6.45, 7) is 4.25. The van der Waals surface area contributed by atoms with E-state index in [4.69, 9.17) is 4.74 Å². The van der Waals surface area contributed by atoms with Gasteiger partial charge in [-0.25, -0.2) is 0 Å². The van der Waals surface area contributed by atoms with Crippen LogP contribution < -0.4 is 4.74 Å². The number of benzene rings is 1. The van der Waals surface area contributed by atoms with Crippen molar-refractivity contribution >= 4 is 5.91 Å². The molecular formula is C22H27N3O2. The number of aromatic nitrogens is 2. The molecule has 0 unspecified atom stereocenters. The van der Waals surface area contributed by atoms with Gasteiger partial charge in [0, 0.05) is 24.7 Å². The Labute approximate surface area is 160 Å². The van der Waals surface area contributed by atoms with Crippen molar-refractivity contribution in [2.24, 2.45) is 5.92 Å². The minimum atomic E-state index is 0.138. The molecule has 2 heterocycles. The minimum Gasteiger partial charge on any atom is -0.476 e. The van der Waals surface area contributed by atoms with E-state index in [1.54, 1.807) is 0 Å². The number of carbonyl (C=O) groups excluding carboxylic acids is 1. The van der Waals surface area contributed by atoms with Gasteiger partial charge < -0.3 is 9.64 Å². The number of aryl methyl sites for hydroxylation is 3. The number of piperidine rings is 1. The summed E-state index contributed by atoms with van der Waals surface area (Å²) in [7, 11) is 0. The van der Waals surface area contributed by atoms with Gasteiger partial charge >= 0.3 is 0 Å². The lowest BCUT2D eigenvalue weighted by Crippen LogP contribution is -2.39. The molecule has 2 aromatic rings. The maximum atomic E-state index is 12.7. The van der Waals surface area contributed by atoms with Gasteiger partial charge in [-0.3, -0.25) is 4.79 Å². The summed E-state index contributed by atoms with van der Waals surface area (Å²) in [5.41, 5.74) is 4.34. The molecule has 1 aliphatic carbocycles. The molecule has 0 N–H and O–H groups in total. The molecule has 27 heavy (non-hydrogen) atoms. The molecule has 1 amide bonds. The van der Waals surface area contributed by atoms with Crippen LogP contribution in [0.15, 0.2) is 30.3 Å². The van der Waals surface area contributed by atoms with Gasteiger partial charge in [-0.1, -0.05) is 17.7 Å². The highest BCUT2D eigenvalue weighted by atomic mass is 16.5. The molecule has 142 valence electrons. The van der Waals surface area contributed by atoms with Crippen LogP contribution in [0.5, 0.6) is 5.88 Å². The zero-order chi connectivity index (χ0) is 18.6. The smallest absolute Gasteiger partial charge is 0.253 e. The van der Waals surface area contributed by atoms with Crippen molar-refractivity contribution in [3.05, 3.63) is 52.7 Å². The standard InChI is InChI=1S/C22H27N3O2/c1-16-5-4-7-19(13-16)22(26)25-11-9-17(10-12-25)15-27-21-14-18-6-2-3-8-20(18)23-24-21/h4-5,7,13-14,17H,2-3,6,8-12,15H2,1H3. The van der Waals surface area contributed by atoms with E-state index < -0.39 is 0 Å². The van der Waals surface area contributed by atoms with Crippen LogP contribution in [-0.4, -0.2) is 40.7 Å². The van der Waals surface area contributed by atoms with E-state index >= 15 is 0 Å². The number of amides is 1. The third kappa shape index (κ3) is 4.29. The van der Waals surface area contributed by atoms with E-state index in [2.05, 4.69) is 16.3 Å². The van der Waals surface area contributed by atoms with Crippen LogP contribution in [0.4, 0.5) is 0 Å². The van der Waals surface area contributed by atoms with Gasteiger partial charge in [-0.15, -0.1) is 5.10 Å². The van der Waals surface area contributed by atoms with Crippen LogP contribution in [0.1, 0.15) is 52.9 Å². The van der Waals surface area contributed by atoms with E-state index in [1.165, 1.54) is 18.4 Å². The molecule has 1 aromatic heterocycles.